The summed E-state index contributed by atoms with van der Waals surface area (Å²) in [5.41, 5.74) is 1.75. The second-order valence-corrected chi connectivity index (χ2v) is 4.62. The largest absolute Gasteiger partial charge is 0.495 e. The van der Waals surface area contributed by atoms with Gasteiger partial charge in [-0.2, -0.15) is 0 Å². The number of aromatic nitrogens is 2. The lowest BCUT2D eigenvalue weighted by atomic mass is 10.3. The summed E-state index contributed by atoms with van der Waals surface area (Å²) in [7, 11) is 2.96. The number of fused-ring (bicyclic) bond motifs is 1. The maximum atomic E-state index is 11.7. The van der Waals surface area contributed by atoms with Gasteiger partial charge in [0.25, 0.3) is 0 Å². The highest BCUT2D eigenvalue weighted by Crippen LogP contribution is 2.24. The normalized spacial score (nSPS) is 10.6. The summed E-state index contributed by atoms with van der Waals surface area (Å²) in [5.74, 6) is 0.343. The molecule has 0 aromatic carbocycles. The Morgan fingerprint density at radius 3 is 2.76 bits per heavy atom. The number of hydrogen-bond donors (Lipinski definition) is 0. The van der Waals surface area contributed by atoms with Gasteiger partial charge in [-0.05, 0) is 29.5 Å². The molecule has 0 saturated heterocycles. The maximum absolute atomic E-state index is 11.7. The summed E-state index contributed by atoms with van der Waals surface area (Å²) in [5, 5.41) is 0. The first-order chi connectivity index (χ1) is 8.08. The van der Waals surface area contributed by atoms with Crippen molar-refractivity contribution < 1.29 is 14.3 Å². The number of pyridine rings is 1. The third kappa shape index (κ3) is 1.97. The molecule has 0 N–H and O–H groups in total. The lowest BCUT2D eigenvalue weighted by Crippen LogP contribution is -2.07. The van der Waals surface area contributed by atoms with Gasteiger partial charge in [0.1, 0.15) is 11.4 Å². The minimum Gasteiger partial charge on any atom is -0.495 e. The summed E-state index contributed by atoms with van der Waals surface area (Å²) in [6.07, 6.45) is 1.81. The van der Waals surface area contributed by atoms with Crippen LogP contribution in [0.5, 0.6) is 5.75 Å². The van der Waals surface area contributed by atoms with Gasteiger partial charge in [-0.15, -0.1) is 0 Å². The van der Waals surface area contributed by atoms with Crippen molar-refractivity contribution in [2.75, 3.05) is 14.2 Å². The number of halogens is 1. The molecule has 0 amide bonds. The number of hydrogen-bond acceptors (Lipinski definition) is 4. The van der Waals surface area contributed by atoms with E-state index in [2.05, 4.69) is 27.6 Å². The van der Waals surface area contributed by atoms with Crippen LogP contribution in [-0.4, -0.2) is 29.6 Å². The van der Waals surface area contributed by atoms with E-state index in [1.807, 2.05) is 0 Å². The smallest absolute Gasteiger partial charge is 0.356 e. The highest BCUT2D eigenvalue weighted by atomic mass is 127. The van der Waals surface area contributed by atoms with Crippen molar-refractivity contribution in [2.45, 2.75) is 6.92 Å². The molecule has 2 aromatic heterocycles. The molecule has 0 spiro atoms. The lowest BCUT2D eigenvalue weighted by molar-refractivity contribution is 0.0592. The second-order valence-electron chi connectivity index (χ2n) is 3.46. The molecule has 0 unspecified atom stereocenters. The molecule has 0 aliphatic rings. The van der Waals surface area contributed by atoms with Crippen molar-refractivity contribution in [3.63, 3.8) is 0 Å². The molecule has 0 bridgehead atoms. The Bertz CT molecular complexity index is 592. The Labute approximate surface area is 112 Å². The van der Waals surface area contributed by atoms with E-state index in [1.54, 1.807) is 30.7 Å². The molecule has 90 valence electrons. The van der Waals surface area contributed by atoms with Crippen molar-refractivity contribution in [3.8, 4) is 5.75 Å². The predicted octanol–water partition coefficient (Wildman–Crippen LogP) is 2.04. The zero-order valence-electron chi connectivity index (χ0n) is 9.65. The summed E-state index contributed by atoms with van der Waals surface area (Å²) in [6.45, 7) is 1.78. The van der Waals surface area contributed by atoms with Gasteiger partial charge < -0.3 is 9.47 Å². The summed E-state index contributed by atoms with van der Waals surface area (Å²) >= 11 is 2.14. The third-order valence-electron chi connectivity index (χ3n) is 2.45. The number of esters is 1. The van der Waals surface area contributed by atoms with Crippen molar-refractivity contribution in [2.24, 2.45) is 0 Å². The topological polar surface area (TPSA) is 52.8 Å². The third-order valence-corrected chi connectivity index (χ3v) is 3.26. The quantitative estimate of drug-likeness (QED) is 0.617. The average molecular weight is 346 g/mol. The van der Waals surface area contributed by atoms with E-state index in [1.165, 1.54) is 7.11 Å². The monoisotopic (exact) mass is 346 g/mol. The van der Waals surface area contributed by atoms with Crippen LogP contribution in [-0.2, 0) is 4.74 Å². The highest BCUT2D eigenvalue weighted by Gasteiger charge is 2.18. The van der Waals surface area contributed by atoms with Crippen LogP contribution in [0, 0.1) is 10.5 Å². The molecule has 0 aliphatic heterocycles. The zero-order valence-corrected chi connectivity index (χ0v) is 11.8. The van der Waals surface area contributed by atoms with E-state index < -0.39 is 5.97 Å². The Morgan fingerprint density at radius 1 is 1.47 bits per heavy atom. The molecule has 0 fully saturated rings. The fraction of sp³-hybridized carbons (Fsp3) is 0.273. The van der Waals surface area contributed by atoms with Crippen LogP contribution in [0.4, 0.5) is 0 Å². The Hall–Kier alpha value is -1.31. The molecule has 2 rings (SSSR count). The standard InChI is InChI=1S/C11H11IN2O3/c1-6-10(11(15)17-3)14-5-7(12)8(16-2)4-9(14)13-6/h4-5H,1-3H3. The maximum Gasteiger partial charge on any atom is 0.356 e. The first-order valence-electron chi connectivity index (χ1n) is 4.89. The van der Waals surface area contributed by atoms with Crippen LogP contribution in [0.15, 0.2) is 12.3 Å². The van der Waals surface area contributed by atoms with Gasteiger partial charge >= 0.3 is 5.97 Å². The van der Waals surface area contributed by atoms with Crippen LogP contribution in [0.1, 0.15) is 16.2 Å². The minimum absolute atomic E-state index is 0.393. The summed E-state index contributed by atoms with van der Waals surface area (Å²) in [4.78, 5) is 16.0. The van der Waals surface area contributed by atoms with Gasteiger partial charge in [0.2, 0.25) is 0 Å². The van der Waals surface area contributed by atoms with Crippen molar-refractivity contribution in [1.82, 2.24) is 9.38 Å². The Kier molecular flexibility index (Phi) is 3.23. The van der Waals surface area contributed by atoms with Gasteiger partial charge in [0.05, 0.1) is 23.5 Å². The van der Waals surface area contributed by atoms with Crippen LogP contribution in [0.2, 0.25) is 0 Å². The van der Waals surface area contributed by atoms with Crippen molar-refractivity contribution in [1.29, 1.82) is 0 Å². The summed E-state index contributed by atoms with van der Waals surface area (Å²) in [6, 6.07) is 1.79. The average Bonchev–Trinajstić information content (AvgIpc) is 2.62. The SMILES string of the molecule is COC(=O)c1c(C)nc2cc(OC)c(I)cn12. The number of rotatable bonds is 2. The number of nitrogens with zero attached hydrogens (tertiary/aromatic N) is 2. The van der Waals surface area contributed by atoms with Crippen molar-refractivity contribution in [3.05, 3.63) is 27.2 Å². The molecule has 6 heteroatoms. The summed E-state index contributed by atoms with van der Waals surface area (Å²) < 4.78 is 12.6. The molecule has 5 nitrogen and oxygen atoms in total. The first-order valence-corrected chi connectivity index (χ1v) is 5.97. The molecule has 0 aliphatic carbocycles. The van der Waals surface area contributed by atoms with E-state index in [4.69, 9.17) is 9.47 Å². The van der Waals surface area contributed by atoms with E-state index in [0.717, 1.165) is 9.32 Å². The highest BCUT2D eigenvalue weighted by molar-refractivity contribution is 14.1. The molecular formula is C11H11IN2O3. The molecule has 17 heavy (non-hydrogen) atoms. The zero-order chi connectivity index (χ0) is 12.6. The van der Waals surface area contributed by atoms with Crippen LogP contribution < -0.4 is 4.74 Å². The number of imidazole rings is 1. The Balaban J connectivity index is 2.74. The van der Waals surface area contributed by atoms with E-state index >= 15 is 0 Å². The minimum atomic E-state index is -0.393. The number of carbonyl (C=O) groups excluding carboxylic acids is 1. The number of methoxy groups -OCH3 is 2. The molecule has 0 radical (unpaired) electrons. The van der Waals surface area contributed by atoms with Gasteiger partial charge in [0.15, 0.2) is 5.69 Å². The fourth-order valence-corrected chi connectivity index (χ4v) is 2.32. The molecule has 0 atom stereocenters. The van der Waals surface area contributed by atoms with Crippen LogP contribution in [0.25, 0.3) is 5.65 Å². The number of ether oxygens (including phenoxy) is 2. The molecule has 0 saturated carbocycles. The Morgan fingerprint density at radius 2 is 2.18 bits per heavy atom. The van der Waals surface area contributed by atoms with E-state index in [0.29, 0.717) is 17.0 Å². The van der Waals surface area contributed by atoms with Gasteiger partial charge in [-0.25, -0.2) is 9.78 Å². The number of carbonyl (C=O) groups is 1. The molecular weight excluding hydrogens is 335 g/mol. The van der Waals surface area contributed by atoms with E-state index in [9.17, 15) is 4.79 Å². The number of aryl methyl sites for hydroxylation is 1. The van der Waals surface area contributed by atoms with Crippen LogP contribution in [0.3, 0.4) is 0 Å². The van der Waals surface area contributed by atoms with E-state index in [-0.39, 0.29) is 0 Å². The van der Waals surface area contributed by atoms with Gasteiger partial charge in [-0.3, -0.25) is 4.40 Å². The lowest BCUT2D eigenvalue weighted by Gasteiger charge is -2.05. The second kappa shape index (κ2) is 4.52. The van der Waals surface area contributed by atoms with Gasteiger partial charge in [-0.1, -0.05) is 0 Å². The fourth-order valence-electron chi connectivity index (χ4n) is 1.66. The predicted molar refractivity (Wildman–Crippen MR) is 70.5 cm³/mol. The first kappa shape index (κ1) is 12.2. The van der Waals surface area contributed by atoms with Crippen molar-refractivity contribution >= 4 is 34.2 Å². The molecule has 2 aromatic rings. The van der Waals surface area contributed by atoms with Gasteiger partial charge in [0, 0.05) is 12.3 Å². The molecule has 2 heterocycles. The van der Waals surface area contributed by atoms with Crippen LogP contribution >= 0.6 is 22.6 Å².